The normalized spacial score (nSPS) is 25.3. The molecule has 12 heteroatoms. The molecule has 0 aromatic heterocycles. The molecule has 2 aliphatic rings. The van der Waals surface area contributed by atoms with Gasteiger partial charge in [-0.3, -0.25) is 9.59 Å². The Labute approximate surface area is 228 Å². The number of hydrogen-bond donors (Lipinski definition) is 1. The fraction of sp³-hybridized carbons (Fsp3) is 0.462. The number of benzene rings is 2. The molecule has 206 valence electrons. The minimum atomic E-state index is -5.59. The van der Waals surface area contributed by atoms with Crippen molar-refractivity contribution in [2.75, 3.05) is 5.75 Å². The third kappa shape index (κ3) is 5.82. The molecule has 1 aliphatic carbocycles. The van der Waals surface area contributed by atoms with Crippen molar-refractivity contribution in [3.05, 3.63) is 69.7 Å². The molecule has 1 heterocycles. The van der Waals surface area contributed by atoms with E-state index in [4.69, 9.17) is 23.2 Å². The van der Waals surface area contributed by atoms with Gasteiger partial charge in [0.25, 0.3) is 0 Å². The summed E-state index contributed by atoms with van der Waals surface area (Å²) in [5.41, 5.74) is -5.80. The van der Waals surface area contributed by atoms with Crippen molar-refractivity contribution >= 4 is 44.9 Å². The number of carbonyl (C=O) groups is 2. The number of carbonyl (C=O) groups excluding carboxylic acids is 1. The summed E-state index contributed by atoms with van der Waals surface area (Å²) < 4.78 is 65.3. The first-order valence-electron chi connectivity index (χ1n) is 12.0. The van der Waals surface area contributed by atoms with Crippen LogP contribution in [0.1, 0.15) is 55.7 Å². The summed E-state index contributed by atoms with van der Waals surface area (Å²) in [6.45, 7) is 1.47. The monoisotopic (exact) mass is 591 g/mol. The van der Waals surface area contributed by atoms with Gasteiger partial charge in [-0.2, -0.15) is 13.2 Å². The van der Waals surface area contributed by atoms with E-state index in [0.29, 0.717) is 34.0 Å². The molecule has 0 unspecified atom stereocenters. The van der Waals surface area contributed by atoms with Crippen molar-refractivity contribution in [2.24, 2.45) is 11.3 Å². The lowest BCUT2D eigenvalue weighted by Crippen LogP contribution is -2.58. The van der Waals surface area contributed by atoms with Crippen LogP contribution >= 0.6 is 23.2 Å². The average molecular weight is 592 g/mol. The molecule has 2 aromatic rings. The summed E-state index contributed by atoms with van der Waals surface area (Å²) in [6.07, 6.45) is 0.390. The Kier molecular flexibility index (Phi) is 7.82. The highest BCUT2D eigenvalue weighted by Crippen LogP contribution is 2.54. The van der Waals surface area contributed by atoms with Crippen molar-refractivity contribution in [3.63, 3.8) is 0 Å². The molecular formula is C26H26Cl2F3NO5S. The number of aliphatic carboxylic acids is 1. The van der Waals surface area contributed by atoms with Gasteiger partial charge in [-0.1, -0.05) is 54.4 Å². The van der Waals surface area contributed by atoms with Crippen molar-refractivity contribution in [2.45, 2.75) is 56.1 Å². The lowest BCUT2D eigenvalue weighted by molar-refractivity contribution is -0.160. The highest BCUT2D eigenvalue weighted by molar-refractivity contribution is 7.92. The van der Waals surface area contributed by atoms with Crippen LogP contribution in [0.5, 0.6) is 0 Å². The van der Waals surface area contributed by atoms with Gasteiger partial charge in [0, 0.05) is 22.0 Å². The number of sulfone groups is 1. The Bertz CT molecular complexity index is 1330. The fourth-order valence-corrected chi connectivity index (χ4v) is 6.88. The maximum Gasteiger partial charge on any atom is 0.497 e. The number of rotatable bonds is 8. The van der Waals surface area contributed by atoms with Crippen LogP contribution in [0.15, 0.2) is 48.5 Å². The Morgan fingerprint density at radius 3 is 2.26 bits per heavy atom. The zero-order chi connectivity index (χ0) is 28.0. The van der Waals surface area contributed by atoms with E-state index >= 15 is 0 Å². The summed E-state index contributed by atoms with van der Waals surface area (Å²) >= 11 is 12.3. The van der Waals surface area contributed by atoms with E-state index in [0.717, 1.165) is 0 Å². The van der Waals surface area contributed by atoms with E-state index in [9.17, 15) is 36.3 Å². The number of hydrogen-bond acceptors (Lipinski definition) is 4. The molecular weight excluding hydrogens is 566 g/mol. The number of likely N-dealkylation sites (tertiary alicyclic amines) is 1. The maximum atomic E-state index is 14.1. The Balaban J connectivity index is 1.94. The van der Waals surface area contributed by atoms with E-state index in [2.05, 4.69) is 0 Å². The third-order valence-electron chi connectivity index (χ3n) is 7.40. The van der Waals surface area contributed by atoms with Crippen LogP contribution in [0.4, 0.5) is 13.2 Å². The molecule has 4 atom stereocenters. The molecule has 0 radical (unpaired) electrons. The molecule has 0 spiro atoms. The molecule has 1 amide bonds. The maximum absolute atomic E-state index is 14.1. The standard InChI is InChI=1S/C26H26Cl2F3NO5S/c1-25(13-22(33)34)12-20(17-3-2-4-19(28)11-17)23(16-7-9-18(27)10-8-16)32(24(25)35)21(15-5-6-15)14-38(36,37)26(29,30)31/h2-4,7-11,15,20-21,23H,5-6,12-14H2,1H3,(H,33,34)/t20-,21-,23-,25+/m1/s1. The number of nitrogens with zero attached hydrogens (tertiary/aromatic N) is 1. The second kappa shape index (κ2) is 10.4. The number of carboxylic acids is 1. The summed E-state index contributed by atoms with van der Waals surface area (Å²) in [7, 11) is -5.59. The van der Waals surface area contributed by atoms with Gasteiger partial charge in [-0.05, 0) is 60.6 Å². The molecule has 1 saturated heterocycles. The molecule has 4 rings (SSSR count). The summed E-state index contributed by atoms with van der Waals surface area (Å²) in [6, 6.07) is 11.0. The van der Waals surface area contributed by atoms with Crippen LogP contribution in [0.3, 0.4) is 0 Å². The lowest BCUT2D eigenvalue weighted by Gasteiger charge is -2.52. The van der Waals surface area contributed by atoms with E-state index in [1.54, 1.807) is 48.5 Å². The number of amides is 1. The lowest BCUT2D eigenvalue weighted by atomic mass is 9.67. The Hall–Kier alpha value is -2.30. The summed E-state index contributed by atoms with van der Waals surface area (Å²) in [5, 5.41) is 10.4. The predicted molar refractivity (Wildman–Crippen MR) is 137 cm³/mol. The number of alkyl halides is 3. The molecule has 0 bridgehead atoms. The molecule has 2 fully saturated rings. The second-order valence-corrected chi connectivity index (χ2v) is 13.2. The summed E-state index contributed by atoms with van der Waals surface area (Å²) in [4.78, 5) is 27.2. The molecule has 6 nitrogen and oxygen atoms in total. The van der Waals surface area contributed by atoms with Crippen molar-refractivity contribution in [3.8, 4) is 0 Å². The van der Waals surface area contributed by atoms with Crippen molar-refractivity contribution < 1.29 is 36.3 Å². The van der Waals surface area contributed by atoms with Gasteiger partial charge in [-0.25, -0.2) is 8.42 Å². The number of carboxylic acid groups (broad SMARTS) is 1. The number of halogens is 5. The highest BCUT2D eigenvalue weighted by Gasteiger charge is 2.57. The zero-order valence-corrected chi connectivity index (χ0v) is 22.6. The van der Waals surface area contributed by atoms with Gasteiger partial charge in [0.1, 0.15) is 0 Å². The van der Waals surface area contributed by atoms with Crippen molar-refractivity contribution in [1.29, 1.82) is 0 Å². The number of piperidine rings is 1. The molecule has 1 N–H and O–H groups in total. The smallest absolute Gasteiger partial charge is 0.481 e. The van der Waals surface area contributed by atoms with Crippen LogP contribution in [0.2, 0.25) is 10.0 Å². The molecule has 38 heavy (non-hydrogen) atoms. The van der Waals surface area contributed by atoms with Crippen molar-refractivity contribution in [1.82, 2.24) is 4.90 Å². The molecule has 1 aliphatic heterocycles. The van der Waals surface area contributed by atoms with Gasteiger partial charge < -0.3 is 10.0 Å². The predicted octanol–water partition coefficient (Wildman–Crippen LogP) is 6.24. The largest absolute Gasteiger partial charge is 0.497 e. The summed E-state index contributed by atoms with van der Waals surface area (Å²) in [5.74, 6) is -4.30. The average Bonchev–Trinajstić information content (AvgIpc) is 3.64. The molecule has 1 saturated carbocycles. The van der Waals surface area contributed by atoms with Crippen LogP contribution in [-0.2, 0) is 19.4 Å². The van der Waals surface area contributed by atoms with Crippen LogP contribution in [0.25, 0.3) is 0 Å². The topological polar surface area (TPSA) is 91.8 Å². The van der Waals surface area contributed by atoms with Crippen LogP contribution in [0, 0.1) is 11.3 Å². The second-order valence-electron chi connectivity index (χ2n) is 10.3. The zero-order valence-electron chi connectivity index (χ0n) is 20.3. The van der Waals surface area contributed by atoms with E-state index in [1.807, 2.05) is 0 Å². The first-order valence-corrected chi connectivity index (χ1v) is 14.4. The van der Waals surface area contributed by atoms with Gasteiger partial charge in [0.15, 0.2) is 0 Å². The highest BCUT2D eigenvalue weighted by atomic mass is 35.5. The minimum Gasteiger partial charge on any atom is -0.481 e. The quantitative estimate of drug-likeness (QED) is 0.392. The third-order valence-corrected chi connectivity index (χ3v) is 9.37. The SMILES string of the molecule is C[C@@]1(CC(=O)O)C[C@H](c2cccc(Cl)c2)[C@@H](c2ccc(Cl)cc2)N([C@H](CS(=O)(=O)C(F)(F)F)C2CC2)C1=O. The Morgan fingerprint density at radius 1 is 1.11 bits per heavy atom. The van der Waals surface area contributed by atoms with E-state index < -0.39 is 68.7 Å². The van der Waals surface area contributed by atoms with Gasteiger partial charge in [0.05, 0.1) is 23.6 Å². The van der Waals surface area contributed by atoms with Crippen LogP contribution in [-0.4, -0.2) is 47.6 Å². The van der Waals surface area contributed by atoms with Gasteiger partial charge in [-0.15, -0.1) is 0 Å². The van der Waals surface area contributed by atoms with Crippen LogP contribution < -0.4 is 0 Å². The van der Waals surface area contributed by atoms with Gasteiger partial charge in [0.2, 0.25) is 15.7 Å². The van der Waals surface area contributed by atoms with Gasteiger partial charge >= 0.3 is 11.5 Å². The molecule has 2 aromatic carbocycles. The van der Waals surface area contributed by atoms with E-state index in [-0.39, 0.29) is 6.42 Å². The Morgan fingerprint density at radius 2 is 1.74 bits per heavy atom. The minimum absolute atomic E-state index is 0.0612. The first kappa shape index (κ1) is 28.7. The van der Waals surface area contributed by atoms with E-state index in [1.165, 1.54) is 11.8 Å². The fourth-order valence-electron chi connectivity index (χ4n) is 5.49. The first-order chi connectivity index (χ1) is 17.6.